The van der Waals surface area contributed by atoms with E-state index in [-0.39, 0.29) is 42.6 Å². The number of likely N-dealkylation sites (N-methyl/N-ethyl adjacent to an activating group) is 1. The van der Waals surface area contributed by atoms with Crippen molar-refractivity contribution in [3.63, 3.8) is 0 Å². The lowest BCUT2D eigenvalue weighted by molar-refractivity contribution is -0.276. The van der Waals surface area contributed by atoms with Crippen molar-refractivity contribution in [3.05, 3.63) is 101 Å². The van der Waals surface area contributed by atoms with Gasteiger partial charge in [-0.1, -0.05) is 80.1 Å². The van der Waals surface area contributed by atoms with E-state index in [1.807, 2.05) is 54.6 Å². The zero-order valence-corrected chi connectivity index (χ0v) is 26.4. The molecule has 1 fully saturated rings. The quantitative estimate of drug-likeness (QED) is 0.188. The molecule has 44 heavy (non-hydrogen) atoms. The monoisotopic (exact) mass is 601 g/mol. The van der Waals surface area contributed by atoms with Crippen molar-refractivity contribution in [2.24, 2.45) is 5.92 Å². The van der Waals surface area contributed by atoms with Crippen LogP contribution in [0.5, 0.6) is 0 Å². The van der Waals surface area contributed by atoms with Crippen LogP contribution >= 0.6 is 0 Å². The fraction of sp³-hybridized carbons (Fsp3) is 0.444. The molecule has 1 saturated heterocycles. The van der Waals surface area contributed by atoms with Crippen molar-refractivity contribution in [2.45, 2.75) is 77.6 Å². The number of hydrogen-bond acceptors (Lipinski definition) is 6. The molecule has 2 amide bonds. The predicted molar refractivity (Wildman–Crippen MR) is 173 cm³/mol. The summed E-state index contributed by atoms with van der Waals surface area (Å²) in [6, 6.07) is 26.3. The van der Waals surface area contributed by atoms with Gasteiger partial charge in [0.15, 0.2) is 6.29 Å². The molecule has 0 aromatic heterocycles. The molecule has 3 aromatic carbocycles. The fourth-order valence-corrected chi connectivity index (χ4v) is 5.59. The number of aliphatic hydroxyl groups is 1. The Morgan fingerprint density at radius 2 is 1.68 bits per heavy atom. The van der Waals surface area contributed by atoms with Crippen LogP contribution in [0.1, 0.15) is 87.1 Å². The number of aliphatic hydroxyl groups excluding tert-OH is 1. The Labute approximate surface area is 261 Å². The predicted octanol–water partition coefficient (Wildman–Crippen LogP) is 6.30. The Bertz CT molecular complexity index is 1330. The Hall–Kier alpha value is -3.56. The molecule has 0 spiro atoms. The van der Waals surface area contributed by atoms with Crippen molar-refractivity contribution < 1.29 is 24.2 Å². The van der Waals surface area contributed by atoms with Gasteiger partial charge < -0.3 is 25.2 Å². The van der Waals surface area contributed by atoms with Crippen LogP contribution in [0.15, 0.2) is 78.9 Å². The Balaban J connectivity index is 1.46. The number of carbonyl (C=O) groups excluding carboxylic acids is 2. The Kier molecular flexibility index (Phi) is 12.5. The first-order valence-electron chi connectivity index (χ1n) is 15.6. The molecule has 8 heteroatoms. The van der Waals surface area contributed by atoms with Gasteiger partial charge in [0.25, 0.3) is 0 Å². The minimum atomic E-state index is -0.621. The second-order valence-corrected chi connectivity index (χ2v) is 11.8. The normalized spacial score (nSPS) is 20.7. The number of anilines is 1. The van der Waals surface area contributed by atoms with Gasteiger partial charge in [0.1, 0.15) is 0 Å². The molecule has 4 rings (SSSR count). The van der Waals surface area contributed by atoms with E-state index in [1.165, 1.54) is 12.5 Å². The van der Waals surface area contributed by atoms with Gasteiger partial charge in [-0.15, -0.1) is 0 Å². The maximum absolute atomic E-state index is 12.7. The number of nitrogens with zero attached hydrogens (tertiary/aromatic N) is 1. The number of carbonyl (C=O) groups is 2. The molecule has 8 nitrogen and oxygen atoms in total. The summed E-state index contributed by atoms with van der Waals surface area (Å²) in [6.07, 6.45) is 1.93. The average molecular weight is 602 g/mol. The lowest BCUT2D eigenvalue weighted by Crippen LogP contribution is -2.44. The van der Waals surface area contributed by atoms with E-state index in [0.29, 0.717) is 25.2 Å². The van der Waals surface area contributed by atoms with E-state index in [1.54, 1.807) is 0 Å². The number of ether oxygens (including phenoxy) is 2. The van der Waals surface area contributed by atoms with Crippen LogP contribution in [0.4, 0.5) is 5.69 Å². The first-order valence-corrected chi connectivity index (χ1v) is 15.6. The first-order chi connectivity index (χ1) is 21.2. The standard InChI is InChI=1S/C36H47N3O5/c1-25-33(23-39(4)26(2)29-12-7-5-8-13-29)43-36(44-35(25)30-19-17-28(24-40)18-20-30)31-14-11-15-32(22-31)38-34(42)16-9-6-10-21-37-27(3)41/h5,7-8,11-15,17-20,22,25-26,33,35-36,40H,6,9-10,16,21,23-24H2,1-4H3,(H,37,41)(H,38,42)/t25-,26+,33+,35+,36+/m1/s1. The van der Waals surface area contributed by atoms with Crippen LogP contribution in [-0.4, -0.2) is 48.1 Å². The van der Waals surface area contributed by atoms with Gasteiger partial charge in [0.05, 0.1) is 18.8 Å². The summed E-state index contributed by atoms with van der Waals surface area (Å²) < 4.78 is 13.3. The Morgan fingerprint density at radius 3 is 2.39 bits per heavy atom. The molecule has 5 atom stereocenters. The van der Waals surface area contributed by atoms with Crippen LogP contribution < -0.4 is 10.6 Å². The first kappa shape index (κ1) is 33.3. The van der Waals surface area contributed by atoms with Crippen molar-refractivity contribution >= 4 is 17.5 Å². The van der Waals surface area contributed by atoms with Crippen molar-refractivity contribution in [3.8, 4) is 0 Å². The summed E-state index contributed by atoms with van der Waals surface area (Å²) in [7, 11) is 2.12. The van der Waals surface area contributed by atoms with E-state index in [9.17, 15) is 14.7 Å². The zero-order chi connectivity index (χ0) is 31.5. The lowest BCUT2D eigenvalue weighted by Gasteiger charge is -2.43. The van der Waals surface area contributed by atoms with Crippen LogP contribution in [0.2, 0.25) is 0 Å². The maximum atomic E-state index is 12.7. The molecule has 0 unspecified atom stereocenters. The molecule has 0 bridgehead atoms. The van der Waals surface area contributed by atoms with Crippen molar-refractivity contribution in [1.29, 1.82) is 0 Å². The third-order valence-corrected chi connectivity index (χ3v) is 8.43. The van der Waals surface area contributed by atoms with Crippen LogP contribution in [-0.2, 0) is 25.7 Å². The van der Waals surface area contributed by atoms with E-state index in [2.05, 4.69) is 60.7 Å². The molecular weight excluding hydrogens is 554 g/mol. The molecule has 1 aliphatic heterocycles. The largest absolute Gasteiger partial charge is 0.392 e. The van der Waals surface area contributed by atoms with Crippen LogP contribution in [0, 0.1) is 5.92 Å². The number of benzene rings is 3. The lowest BCUT2D eigenvalue weighted by atomic mass is 9.89. The van der Waals surface area contributed by atoms with E-state index in [0.717, 1.165) is 36.0 Å². The molecule has 0 aliphatic carbocycles. The van der Waals surface area contributed by atoms with Crippen LogP contribution in [0.3, 0.4) is 0 Å². The average Bonchev–Trinajstić information content (AvgIpc) is 3.03. The number of rotatable bonds is 14. The van der Waals surface area contributed by atoms with Gasteiger partial charge in [0.2, 0.25) is 11.8 Å². The van der Waals surface area contributed by atoms with Gasteiger partial charge in [0, 0.05) is 49.6 Å². The molecule has 1 aliphatic rings. The third kappa shape index (κ3) is 9.47. The summed E-state index contributed by atoms with van der Waals surface area (Å²) in [5, 5.41) is 15.4. The van der Waals surface area contributed by atoms with E-state index in [4.69, 9.17) is 9.47 Å². The van der Waals surface area contributed by atoms with E-state index >= 15 is 0 Å². The highest BCUT2D eigenvalue weighted by Crippen LogP contribution is 2.42. The van der Waals surface area contributed by atoms with Crippen LogP contribution in [0.25, 0.3) is 0 Å². The fourth-order valence-electron chi connectivity index (χ4n) is 5.59. The van der Waals surface area contributed by atoms with Gasteiger partial charge in [-0.25, -0.2) is 0 Å². The summed E-state index contributed by atoms with van der Waals surface area (Å²) in [5.74, 6) is -0.0174. The molecular formula is C36H47N3O5. The topological polar surface area (TPSA) is 100 Å². The SMILES string of the molecule is CC(=O)NCCCCCC(=O)Nc1cccc([C@H]2O[C@@H](CN(C)[C@@H](C)c3ccccc3)[C@@H](C)[C@@H](c3ccc(CO)cc3)O2)c1. The molecule has 1 heterocycles. The number of unbranched alkanes of at least 4 members (excludes halogenated alkanes) is 2. The third-order valence-electron chi connectivity index (χ3n) is 8.43. The number of amides is 2. The summed E-state index contributed by atoms with van der Waals surface area (Å²) in [5.41, 5.74) is 4.68. The summed E-state index contributed by atoms with van der Waals surface area (Å²) in [6.45, 7) is 7.21. The number of nitrogens with one attached hydrogen (secondary N) is 2. The molecule has 0 saturated carbocycles. The van der Waals surface area contributed by atoms with Gasteiger partial charge >= 0.3 is 0 Å². The highest BCUT2D eigenvalue weighted by Gasteiger charge is 2.39. The second-order valence-electron chi connectivity index (χ2n) is 11.8. The molecule has 0 radical (unpaired) electrons. The minimum Gasteiger partial charge on any atom is -0.392 e. The van der Waals surface area contributed by atoms with Gasteiger partial charge in [-0.05, 0) is 55.6 Å². The smallest absolute Gasteiger partial charge is 0.224 e. The van der Waals surface area contributed by atoms with Gasteiger partial charge in [-0.3, -0.25) is 14.5 Å². The van der Waals surface area contributed by atoms with Gasteiger partial charge in [-0.2, -0.15) is 0 Å². The highest BCUT2D eigenvalue weighted by molar-refractivity contribution is 5.90. The summed E-state index contributed by atoms with van der Waals surface area (Å²) in [4.78, 5) is 26.0. The van der Waals surface area contributed by atoms with Crippen molar-refractivity contribution in [1.82, 2.24) is 10.2 Å². The van der Waals surface area contributed by atoms with E-state index < -0.39 is 6.29 Å². The Morgan fingerprint density at radius 1 is 0.932 bits per heavy atom. The minimum absolute atomic E-state index is 0.00647. The van der Waals surface area contributed by atoms with Crippen molar-refractivity contribution in [2.75, 3.05) is 25.5 Å². The second kappa shape index (κ2) is 16.5. The molecule has 3 N–H and O–H groups in total. The highest BCUT2D eigenvalue weighted by atomic mass is 16.7. The molecule has 236 valence electrons. The zero-order valence-electron chi connectivity index (χ0n) is 26.4. The number of hydrogen-bond donors (Lipinski definition) is 3. The maximum Gasteiger partial charge on any atom is 0.224 e. The molecule has 3 aromatic rings. The summed E-state index contributed by atoms with van der Waals surface area (Å²) >= 11 is 0.